The molecule has 2 unspecified atom stereocenters. The lowest BCUT2D eigenvalue weighted by Crippen LogP contribution is -2.36. The largest absolute Gasteiger partial charge is 0.370 e. The van der Waals surface area contributed by atoms with Gasteiger partial charge in [0.1, 0.15) is 6.10 Å². The Morgan fingerprint density at radius 1 is 1.47 bits per heavy atom. The van der Waals surface area contributed by atoms with Gasteiger partial charge in [0.05, 0.1) is 5.54 Å². The summed E-state index contributed by atoms with van der Waals surface area (Å²) in [5.41, 5.74) is -0.0934. The summed E-state index contributed by atoms with van der Waals surface area (Å²) in [7, 11) is 0. The van der Waals surface area contributed by atoms with Gasteiger partial charge < -0.3 is 14.6 Å². The Hall–Kier alpha value is -0.940. The van der Waals surface area contributed by atoms with Crippen LogP contribution in [-0.4, -0.2) is 23.3 Å². The Kier molecular flexibility index (Phi) is 2.88. The van der Waals surface area contributed by atoms with E-state index in [1.807, 2.05) is 0 Å². The summed E-state index contributed by atoms with van der Waals surface area (Å²) in [6.45, 7) is 4.01. The summed E-state index contributed by atoms with van der Waals surface area (Å²) < 4.78 is 11.0. The van der Waals surface area contributed by atoms with Gasteiger partial charge in [-0.05, 0) is 38.6 Å². The van der Waals surface area contributed by atoms with E-state index in [-0.39, 0.29) is 11.6 Å². The first-order valence-electron chi connectivity index (χ1n) is 6.55. The summed E-state index contributed by atoms with van der Waals surface area (Å²) in [4.78, 5) is 4.55. The van der Waals surface area contributed by atoms with Gasteiger partial charge in [-0.15, -0.1) is 0 Å². The lowest BCUT2D eigenvalue weighted by molar-refractivity contribution is 0.103. The van der Waals surface area contributed by atoms with Gasteiger partial charge in [-0.1, -0.05) is 12.1 Å². The van der Waals surface area contributed by atoms with E-state index in [9.17, 15) is 0 Å². The molecule has 2 aliphatic rings. The molecule has 2 atom stereocenters. The monoisotopic (exact) mass is 237 g/mol. The van der Waals surface area contributed by atoms with E-state index >= 15 is 0 Å². The molecule has 1 aromatic rings. The summed E-state index contributed by atoms with van der Waals surface area (Å²) >= 11 is 0. The Bertz CT molecular complexity index is 379. The van der Waals surface area contributed by atoms with E-state index in [0.717, 1.165) is 50.6 Å². The number of hydrogen-bond donors (Lipinski definition) is 1. The van der Waals surface area contributed by atoms with E-state index in [1.165, 1.54) is 6.42 Å². The first-order valence-corrected chi connectivity index (χ1v) is 6.55. The zero-order valence-corrected chi connectivity index (χ0v) is 10.2. The molecule has 5 nitrogen and oxygen atoms in total. The molecule has 0 amide bonds. The predicted octanol–water partition coefficient (Wildman–Crippen LogP) is 1.91. The molecule has 2 saturated heterocycles. The van der Waals surface area contributed by atoms with Gasteiger partial charge >= 0.3 is 0 Å². The van der Waals surface area contributed by atoms with Gasteiger partial charge in [-0.2, -0.15) is 4.98 Å². The average Bonchev–Trinajstić information content (AvgIpc) is 3.10. The molecule has 0 radical (unpaired) electrons. The van der Waals surface area contributed by atoms with Crippen LogP contribution in [0.2, 0.25) is 0 Å². The number of hydrogen-bond acceptors (Lipinski definition) is 5. The van der Waals surface area contributed by atoms with Gasteiger partial charge in [0.15, 0.2) is 0 Å². The highest BCUT2D eigenvalue weighted by molar-refractivity contribution is 5.07. The summed E-state index contributed by atoms with van der Waals surface area (Å²) in [5.74, 6) is 1.46. The molecule has 2 fully saturated rings. The third-order valence-electron chi connectivity index (χ3n) is 3.92. The lowest BCUT2D eigenvalue weighted by Gasteiger charge is -2.22. The van der Waals surface area contributed by atoms with Crippen LogP contribution in [0.3, 0.4) is 0 Å². The van der Waals surface area contributed by atoms with Crippen molar-refractivity contribution in [2.75, 3.05) is 13.2 Å². The molecule has 5 heteroatoms. The van der Waals surface area contributed by atoms with Crippen molar-refractivity contribution < 1.29 is 9.26 Å². The zero-order chi connectivity index (χ0) is 11.7. The molecule has 0 saturated carbocycles. The van der Waals surface area contributed by atoms with Crippen LogP contribution in [0.1, 0.15) is 56.8 Å². The Morgan fingerprint density at radius 3 is 3.06 bits per heavy atom. The minimum absolute atomic E-state index is 0.0443. The first kappa shape index (κ1) is 11.2. The fourth-order valence-corrected chi connectivity index (χ4v) is 2.78. The molecular weight excluding hydrogens is 218 g/mol. The van der Waals surface area contributed by atoms with E-state index < -0.39 is 0 Å². The smallest absolute Gasteiger partial charge is 0.247 e. The zero-order valence-electron chi connectivity index (χ0n) is 10.2. The molecule has 0 aliphatic carbocycles. The van der Waals surface area contributed by atoms with Crippen molar-refractivity contribution in [3.05, 3.63) is 11.7 Å². The number of nitrogens with one attached hydrogen (secondary N) is 1. The van der Waals surface area contributed by atoms with Gasteiger partial charge in [0, 0.05) is 6.61 Å². The van der Waals surface area contributed by atoms with E-state index in [2.05, 4.69) is 22.4 Å². The van der Waals surface area contributed by atoms with Crippen LogP contribution in [0.25, 0.3) is 0 Å². The van der Waals surface area contributed by atoms with E-state index in [1.54, 1.807) is 0 Å². The number of rotatable bonds is 3. The van der Waals surface area contributed by atoms with Crippen molar-refractivity contribution in [1.82, 2.24) is 15.5 Å². The number of nitrogens with zero attached hydrogens (tertiary/aromatic N) is 2. The molecule has 3 heterocycles. The van der Waals surface area contributed by atoms with Gasteiger partial charge in [-0.3, -0.25) is 0 Å². The van der Waals surface area contributed by atoms with Crippen LogP contribution in [0.5, 0.6) is 0 Å². The molecular formula is C12H19N3O2. The predicted molar refractivity (Wildman–Crippen MR) is 61.4 cm³/mol. The second kappa shape index (κ2) is 4.38. The molecule has 17 heavy (non-hydrogen) atoms. The second-order valence-electron chi connectivity index (χ2n) is 4.93. The van der Waals surface area contributed by atoms with Gasteiger partial charge in [0.25, 0.3) is 0 Å². The first-order chi connectivity index (χ1) is 8.34. The fourth-order valence-electron chi connectivity index (χ4n) is 2.78. The fraction of sp³-hybridized carbons (Fsp3) is 0.833. The lowest BCUT2D eigenvalue weighted by atomic mass is 9.94. The van der Waals surface area contributed by atoms with Gasteiger partial charge in [-0.25, -0.2) is 0 Å². The average molecular weight is 237 g/mol. The van der Waals surface area contributed by atoms with Gasteiger partial charge in [0.2, 0.25) is 11.7 Å². The maximum Gasteiger partial charge on any atom is 0.247 e. The minimum Gasteiger partial charge on any atom is -0.370 e. The number of aromatic nitrogens is 2. The topological polar surface area (TPSA) is 60.2 Å². The van der Waals surface area contributed by atoms with E-state index in [0.29, 0.717) is 0 Å². The molecule has 1 aromatic heterocycles. The quantitative estimate of drug-likeness (QED) is 0.870. The Balaban J connectivity index is 1.83. The van der Waals surface area contributed by atoms with Crippen LogP contribution in [-0.2, 0) is 10.3 Å². The van der Waals surface area contributed by atoms with Crippen molar-refractivity contribution in [3.8, 4) is 0 Å². The molecule has 0 aromatic carbocycles. The highest BCUT2D eigenvalue weighted by Gasteiger charge is 2.39. The molecule has 2 aliphatic heterocycles. The van der Waals surface area contributed by atoms with Crippen LogP contribution >= 0.6 is 0 Å². The number of ether oxygens (including phenoxy) is 1. The summed E-state index contributed by atoms with van der Waals surface area (Å²) in [6, 6.07) is 0. The van der Waals surface area contributed by atoms with Crippen LogP contribution < -0.4 is 5.32 Å². The second-order valence-corrected chi connectivity index (χ2v) is 4.93. The maximum absolute atomic E-state index is 5.58. The molecule has 0 bridgehead atoms. The maximum atomic E-state index is 5.58. The highest BCUT2D eigenvalue weighted by Crippen LogP contribution is 2.34. The molecule has 1 N–H and O–H groups in total. The van der Waals surface area contributed by atoms with Crippen molar-refractivity contribution in [2.45, 2.75) is 50.7 Å². The Morgan fingerprint density at radius 2 is 2.41 bits per heavy atom. The van der Waals surface area contributed by atoms with Crippen LogP contribution in [0, 0.1) is 0 Å². The normalized spacial score (nSPS) is 33.4. The molecule has 94 valence electrons. The molecule has 3 rings (SSSR count). The third-order valence-corrected chi connectivity index (χ3v) is 3.92. The highest BCUT2D eigenvalue weighted by atomic mass is 16.5. The summed E-state index contributed by atoms with van der Waals surface area (Å²) in [6.07, 6.45) is 5.38. The van der Waals surface area contributed by atoms with Crippen LogP contribution in [0.4, 0.5) is 0 Å². The summed E-state index contributed by atoms with van der Waals surface area (Å²) in [5, 5.41) is 7.59. The third kappa shape index (κ3) is 1.87. The van der Waals surface area contributed by atoms with Crippen molar-refractivity contribution in [2.24, 2.45) is 0 Å². The molecule has 0 spiro atoms. The minimum atomic E-state index is -0.0934. The van der Waals surface area contributed by atoms with Crippen molar-refractivity contribution in [1.29, 1.82) is 0 Å². The Labute approximate surface area is 101 Å². The van der Waals surface area contributed by atoms with E-state index in [4.69, 9.17) is 9.26 Å². The standard InChI is InChI=1S/C12H19N3O2/c1-2-12(6-4-7-13-12)11-14-10(15-17-11)9-5-3-8-16-9/h9,13H,2-8H2,1H3. The van der Waals surface area contributed by atoms with Crippen LogP contribution in [0.15, 0.2) is 4.52 Å². The SMILES string of the molecule is CCC1(c2nc(C3CCCO3)no2)CCCN1. The van der Waals surface area contributed by atoms with Crippen molar-refractivity contribution >= 4 is 0 Å². The van der Waals surface area contributed by atoms with Crippen molar-refractivity contribution in [3.63, 3.8) is 0 Å².